The van der Waals surface area contributed by atoms with E-state index < -0.39 is 0 Å². The number of thiazole rings is 1. The molecule has 2 aromatic rings. The standard InChI is InChI=1S/C21H28N4OS.H2/c1-4-16-17(27-20(25-16)18-22-9-5-10-23-18)19(26)24-11-8-13-6-7-14-12-15(13)21(14,2)3;/h5,9-10,13-15H,4,6-8,11-12H2,1-3H3,(H,24,26);1H/t13-,14?,15?;/m0./s1. The number of hydrogen-bond acceptors (Lipinski definition) is 5. The van der Waals surface area contributed by atoms with Crippen molar-refractivity contribution in [2.75, 3.05) is 6.54 Å². The van der Waals surface area contributed by atoms with Gasteiger partial charge in [0.1, 0.15) is 4.88 Å². The van der Waals surface area contributed by atoms with Crippen LogP contribution in [-0.4, -0.2) is 27.4 Å². The fourth-order valence-corrected chi connectivity index (χ4v) is 6.05. The predicted molar refractivity (Wildman–Crippen MR) is 110 cm³/mol. The van der Waals surface area contributed by atoms with E-state index in [-0.39, 0.29) is 7.33 Å². The molecule has 5 nitrogen and oxygen atoms in total. The van der Waals surface area contributed by atoms with Crippen LogP contribution in [0.5, 0.6) is 0 Å². The number of nitrogens with one attached hydrogen (secondary N) is 1. The maximum atomic E-state index is 12.7. The summed E-state index contributed by atoms with van der Waals surface area (Å²) in [4.78, 5) is 26.5. The molecule has 146 valence electrons. The second kappa shape index (κ2) is 7.30. The van der Waals surface area contributed by atoms with Crippen LogP contribution < -0.4 is 5.32 Å². The maximum absolute atomic E-state index is 12.7. The molecule has 3 saturated carbocycles. The molecule has 3 aliphatic rings. The normalized spacial score (nSPS) is 25.7. The Balaban J connectivity index is 0.00000225. The lowest BCUT2D eigenvalue weighted by molar-refractivity contribution is -0.106. The van der Waals surface area contributed by atoms with E-state index in [1.165, 1.54) is 30.6 Å². The molecule has 5 rings (SSSR count). The van der Waals surface area contributed by atoms with Crippen LogP contribution in [0.1, 0.15) is 63.2 Å². The van der Waals surface area contributed by atoms with Crippen molar-refractivity contribution in [3.8, 4) is 10.8 Å². The van der Waals surface area contributed by atoms with Gasteiger partial charge in [0.05, 0.1) is 5.69 Å². The zero-order chi connectivity index (χ0) is 19.0. The van der Waals surface area contributed by atoms with Crippen LogP contribution >= 0.6 is 11.3 Å². The minimum Gasteiger partial charge on any atom is -0.351 e. The number of amides is 1. The fourth-order valence-electron chi connectivity index (χ4n) is 5.03. The lowest BCUT2D eigenvalue weighted by Crippen LogP contribution is -2.52. The SMILES string of the molecule is CCc1nc(-c2ncccn2)sc1C(=O)NCC[C@@H]1CCC2CC1C2(C)C.[HH]. The van der Waals surface area contributed by atoms with Crippen LogP contribution in [-0.2, 0) is 6.42 Å². The molecular formula is C21H30N4OS. The van der Waals surface area contributed by atoms with Crippen LogP contribution in [0.3, 0.4) is 0 Å². The molecule has 6 heteroatoms. The van der Waals surface area contributed by atoms with E-state index in [0.29, 0.717) is 21.1 Å². The first-order valence-electron chi connectivity index (χ1n) is 10.1. The zero-order valence-corrected chi connectivity index (χ0v) is 17.2. The fraction of sp³-hybridized carbons (Fsp3) is 0.619. The number of carbonyl (C=O) groups is 1. The van der Waals surface area contributed by atoms with E-state index in [4.69, 9.17) is 0 Å². The minimum absolute atomic E-state index is 0. The zero-order valence-electron chi connectivity index (χ0n) is 16.4. The molecule has 3 aliphatic carbocycles. The second-order valence-electron chi connectivity index (χ2n) is 8.46. The first kappa shape index (κ1) is 18.5. The maximum Gasteiger partial charge on any atom is 0.263 e. The van der Waals surface area contributed by atoms with Crippen molar-refractivity contribution in [2.24, 2.45) is 23.2 Å². The van der Waals surface area contributed by atoms with Gasteiger partial charge in [-0.1, -0.05) is 20.8 Å². The van der Waals surface area contributed by atoms with E-state index >= 15 is 0 Å². The van der Waals surface area contributed by atoms with Gasteiger partial charge in [0.15, 0.2) is 10.8 Å². The number of carbonyl (C=O) groups excluding carboxylic acids is 1. The first-order chi connectivity index (χ1) is 13.0. The van der Waals surface area contributed by atoms with Crippen molar-refractivity contribution in [1.82, 2.24) is 20.3 Å². The molecule has 1 amide bonds. The number of rotatable bonds is 6. The van der Waals surface area contributed by atoms with Gasteiger partial charge in [-0.3, -0.25) is 4.79 Å². The van der Waals surface area contributed by atoms with Gasteiger partial charge in [-0.05, 0) is 61.3 Å². The highest BCUT2D eigenvalue weighted by molar-refractivity contribution is 7.17. The molecule has 0 saturated heterocycles. The second-order valence-corrected chi connectivity index (χ2v) is 9.46. The molecule has 2 heterocycles. The minimum atomic E-state index is -0.00640. The number of fused-ring (bicyclic) bond motifs is 2. The molecule has 0 spiro atoms. The van der Waals surface area contributed by atoms with E-state index in [1.807, 2.05) is 6.92 Å². The Bertz CT molecular complexity index is 821. The average molecular weight is 387 g/mol. The van der Waals surface area contributed by atoms with Crippen LogP contribution in [0.25, 0.3) is 10.8 Å². The van der Waals surface area contributed by atoms with Gasteiger partial charge in [-0.25, -0.2) is 15.0 Å². The van der Waals surface area contributed by atoms with E-state index in [9.17, 15) is 4.79 Å². The monoisotopic (exact) mass is 386 g/mol. The van der Waals surface area contributed by atoms with Crippen molar-refractivity contribution in [1.29, 1.82) is 0 Å². The Kier molecular flexibility index (Phi) is 5.01. The van der Waals surface area contributed by atoms with Gasteiger partial charge in [0.2, 0.25) is 0 Å². The van der Waals surface area contributed by atoms with Gasteiger partial charge in [-0.2, -0.15) is 0 Å². The molecule has 0 aliphatic heterocycles. The van der Waals surface area contributed by atoms with E-state index in [1.54, 1.807) is 18.5 Å². The molecular weight excluding hydrogens is 356 g/mol. The number of hydrogen-bond donors (Lipinski definition) is 1. The lowest BCUT2D eigenvalue weighted by Gasteiger charge is -2.60. The van der Waals surface area contributed by atoms with Crippen molar-refractivity contribution >= 4 is 17.2 Å². The van der Waals surface area contributed by atoms with Crippen molar-refractivity contribution < 1.29 is 6.22 Å². The Labute approximate surface area is 166 Å². The first-order valence-corrected chi connectivity index (χ1v) is 10.9. The Hall–Kier alpha value is -1.82. The largest absolute Gasteiger partial charge is 0.351 e. The molecule has 2 unspecified atom stereocenters. The van der Waals surface area contributed by atoms with E-state index in [0.717, 1.165) is 42.8 Å². The molecule has 1 N–H and O–H groups in total. The summed E-state index contributed by atoms with van der Waals surface area (Å²) in [6.45, 7) is 7.63. The summed E-state index contributed by atoms with van der Waals surface area (Å²) < 4.78 is 0. The van der Waals surface area contributed by atoms with Crippen LogP contribution in [0.4, 0.5) is 0 Å². The highest BCUT2D eigenvalue weighted by Crippen LogP contribution is 2.61. The summed E-state index contributed by atoms with van der Waals surface area (Å²) in [6.07, 6.45) is 9.29. The summed E-state index contributed by atoms with van der Waals surface area (Å²) >= 11 is 1.39. The topological polar surface area (TPSA) is 67.8 Å². The molecule has 2 aromatic heterocycles. The van der Waals surface area contributed by atoms with Crippen LogP contribution in [0, 0.1) is 23.2 Å². The quantitative estimate of drug-likeness (QED) is 0.788. The lowest BCUT2D eigenvalue weighted by atomic mass is 9.45. The van der Waals surface area contributed by atoms with Crippen LogP contribution in [0.15, 0.2) is 18.5 Å². The third-order valence-corrected chi connectivity index (χ3v) is 7.89. The smallest absolute Gasteiger partial charge is 0.263 e. The number of aryl methyl sites for hydroxylation is 1. The summed E-state index contributed by atoms with van der Waals surface area (Å²) in [5.74, 6) is 3.10. The molecule has 3 atom stereocenters. The van der Waals surface area contributed by atoms with Gasteiger partial charge < -0.3 is 5.32 Å². The van der Waals surface area contributed by atoms with Gasteiger partial charge in [0.25, 0.3) is 5.91 Å². The number of nitrogens with zero attached hydrogens (tertiary/aromatic N) is 3. The average Bonchev–Trinajstić information content (AvgIpc) is 3.13. The van der Waals surface area contributed by atoms with Crippen molar-refractivity contribution in [2.45, 2.75) is 52.9 Å². The Morgan fingerprint density at radius 3 is 2.78 bits per heavy atom. The third kappa shape index (κ3) is 3.40. The highest BCUT2D eigenvalue weighted by Gasteiger charge is 2.53. The Morgan fingerprint density at radius 2 is 2.11 bits per heavy atom. The summed E-state index contributed by atoms with van der Waals surface area (Å²) in [6, 6.07) is 1.78. The molecule has 2 bridgehead atoms. The van der Waals surface area contributed by atoms with Gasteiger partial charge >= 0.3 is 0 Å². The van der Waals surface area contributed by atoms with Crippen molar-refractivity contribution in [3.63, 3.8) is 0 Å². The third-order valence-electron chi connectivity index (χ3n) is 6.80. The van der Waals surface area contributed by atoms with Crippen LogP contribution in [0.2, 0.25) is 0 Å². The summed E-state index contributed by atoms with van der Waals surface area (Å²) in [5, 5.41) is 3.86. The molecule has 0 aromatic carbocycles. The Morgan fingerprint density at radius 1 is 1.33 bits per heavy atom. The van der Waals surface area contributed by atoms with Gasteiger partial charge in [-0.15, -0.1) is 11.3 Å². The molecule has 0 radical (unpaired) electrons. The highest BCUT2D eigenvalue weighted by atomic mass is 32.1. The predicted octanol–water partition coefficient (Wildman–Crippen LogP) is 4.60. The molecule has 3 fully saturated rings. The number of aromatic nitrogens is 3. The molecule has 27 heavy (non-hydrogen) atoms. The van der Waals surface area contributed by atoms with E-state index in [2.05, 4.69) is 34.1 Å². The summed E-state index contributed by atoms with van der Waals surface area (Å²) in [7, 11) is 0. The van der Waals surface area contributed by atoms with Crippen molar-refractivity contribution in [3.05, 3.63) is 29.0 Å². The summed E-state index contributed by atoms with van der Waals surface area (Å²) in [5.41, 5.74) is 1.34. The van der Waals surface area contributed by atoms with Gasteiger partial charge in [0, 0.05) is 20.4 Å².